The van der Waals surface area contributed by atoms with Crippen LogP contribution in [0.3, 0.4) is 0 Å². The van der Waals surface area contributed by atoms with Crippen molar-refractivity contribution in [1.82, 2.24) is 20.3 Å². The molecule has 1 aliphatic heterocycles. The van der Waals surface area contributed by atoms with E-state index < -0.39 is 0 Å². The Balaban J connectivity index is 1.23. The van der Waals surface area contributed by atoms with E-state index in [1.165, 1.54) is 0 Å². The van der Waals surface area contributed by atoms with E-state index in [9.17, 15) is 9.90 Å². The molecule has 0 radical (unpaired) electrons. The smallest absolute Gasteiger partial charge is 0.270 e. The first-order valence-corrected chi connectivity index (χ1v) is 11.8. The zero-order valence-corrected chi connectivity index (χ0v) is 19.0. The van der Waals surface area contributed by atoms with Crippen LogP contribution in [-0.4, -0.2) is 64.4 Å². The van der Waals surface area contributed by atoms with Crippen LogP contribution in [0.2, 0.25) is 0 Å². The standard InChI is InChI=1S/C25H29N5O4/c31-16-18-2-1-3-21(28-18)25(32)29-17-4-6-20(7-5-17)34-23-15-19(30-10-12-33-13-11-30)14-22-24(23)27-9-8-26-22/h1-3,8-9,14-15,17,20,31H,4-7,10-13,16H2,(H,29,32). The van der Waals surface area contributed by atoms with Gasteiger partial charge in [0.15, 0.2) is 0 Å². The second kappa shape index (κ2) is 10.3. The van der Waals surface area contributed by atoms with E-state index in [1.807, 2.05) is 0 Å². The maximum atomic E-state index is 12.6. The predicted octanol–water partition coefficient (Wildman–Crippen LogP) is 2.47. The van der Waals surface area contributed by atoms with Gasteiger partial charge in [-0.2, -0.15) is 0 Å². The third kappa shape index (κ3) is 5.10. The highest BCUT2D eigenvalue weighted by molar-refractivity contribution is 5.92. The minimum Gasteiger partial charge on any atom is -0.488 e. The number of ether oxygens (including phenoxy) is 2. The lowest BCUT2D eigenvalue weighted by Crippen LogP contribution is -2.40. The Bertz CT molecular complexity index is 1140. The molecule has 9 nitrogen and oxygen atoms in total. The fraction of sp³-hybridized carbons (Fsp3) is 0.440. The van der Waals surface area contributed by atoms with E-state index in [4.69, 9.17) is 9.47 Å². The molecule has 0 bridgehead atoms. The Hall–Kier alpha value is -3.30. The molecule has 1 saturated heterocycles. The number of nitrogens with zero attached hydrogens (tertiary/aromatic N) is 4. The van der Waals surface area contributed by atoms with Crippen LogP contribution in [0.25, 0.3) is 11.0 Å². The third-order valence-electron chi connectivity index (χ3n) is 6.40. The van der Waals surface area contributed by atoms with Gasteiger partial charge in [0.2, 0.25) is 0 Å². The van der Waals surface area contributed by atoms with Crippen molar-refractivity contribution in [2.45, 2.75) is 44.4 Å². The number of aliphatic hydroxyl groups is 1. The number of pyridine rings is 1. The van der Waals surface area contributed by atoms with Crippen LogP contribution in [0.1, 0.15) is 41.9 Å². The van der Waals surface area contributed by atoms with E-state index in [1.54, 1.807) is 30.6 Å². The molecule has 1 saturated carbocycles. The first-order chi connectivity index (χ1) is 16.7. The van der Waals surface area contributed by atoms with Gasteiger partial charge in [-0.05, 0) is 43.9 Å². The van der Waals surface area contributed by atoms with Crippen molar-refractivity contribution in [2.24, 2.45) is 0 Å². The highest BCUT2D eigenvalue weighted by atomic mass is 16.5. The molecule has 1 aromatic carbocycles. The molecule has 2 aromatic heterocycles. The number of carbonyl (C=O) groups is 1. The lowest BCUT2D eigenvalue weighted by atomic mass is 9.92. The molecule has 9 heteroatoms. The molecule has 3 aromatic rings. The highest BCUT2D eigenvalue weighted by Crippen LogP contribution is 2.33. The molecular weight excluding hydrogens is 434 g/mol. The van der Waals surface area contributed by atoms with Gasteiger partial charge in [0, 0.05) is 43.3 Å². The summed E-state index contributed by atoms with van der Waals surface area (Å²) in [7, 11) is 0. The summed E-state index contributed by atoms with van der Waals surface area (Å²) in [6.45, 7) is 2.92. The molecule has 2 N–H and O–H groups in total. The molecule has 3 heterocycles. The van der Waals surface area contributed by atoms with Gasteiger partial charge < -0.3 is 24.8 Å². The number of nitrogens with one attached hydrogen (secondary N) is 1. The molecule has 5 rings (SSSR count). The topological polar surface area (TPSA) is 110 Å². The van der Waals surface area contributed by atoms with Crippen LogP contribution in [0.5, 0.6) is 5.75 Å². The van der Waals surface area contributed by atoms with Crippen LogP contribution in [0, 0.1) is 0 Å². The lowest BCUT2D eigenvalue weighted by molar-refractivity contribution is 0.0889. The van der Waals surface area contributed by atoms with Gasteiger partial charge in [0.05, 0.1) is 37.1 Å². The van der Waals surface area contributed by atoms with Crippen molar-refractivity contribution in [2.75, 3.05) is 31.2 Å². The number of hydrogen-bond donors (Lipinski definition) is 2. The number of rotatable bonds is 6. The van der Waals surface area contributed by atoms with Crippen molar-refractivity contribution in [3.8, 4) is 5.75 Å². The fourth-order valence-electron chi connectivity index (χ4n) is 4.58. The molecule has 34 heavy (non-hydrogen) atoms. The Morgan fingerprint density at radius 3 is 2.71 bits per heavy atom. The Morgan fingerprint density at radius 2 is 1.91 bits per heavy atom. The largest absolute Gasteiger partial charge is 0.488 e. The minimum absolute atomic E-state index is 0.0501. The zero-order chi connectivity index (χ0) is 23.3. The normalized spacial score (nSPS) is 20.8. The monoisotopic (exact) mass is 463 g/mol. The quantitative estimate of drug-likeness (QED) is 0.574. The molecule has 178 valence electrons. The first kappa shape index (κ1) is 22.5. The van der Waals surface area contributed by atoms with Gasteiger partial charge in [-0.15, -0.1) is 0 Å². The number of amides is 1. The van der Waals surface area contributed by atoms with E-state index in [-0.39, 0.29) is 24.7 Å². The zero-order valence-electron chi connectivity index (χ0n) is 19.0. The molecule has 2 fully saturated rings. The summed E-state index contributed by atoms with van der Waals surface area (Å²) in [5.41, 5.74) is 3.48. The van der Waals surface area contributed by atoms with E-state index in [2.05, 4.69) is 37.3 Å². The van der Waals surface area contributed by atoms with Gasteiger partial charge in [-0.25, -0.2) is 9.97 Å². The molecule has 0 spiro atoms. The number of fused-ring (bicyclic) bond motifs is 1. The van der Waals surface area contributed by atoms with E-state index >= 15 is 0 Å². The highest BCUT2D eigenvalue weighted by Gasteiger charge is 2.25. The van der Waals surface area contributed by atoms with Crippen LogP contribution in [-0.2, 0) is 11.3 Å². The predicted molar refractivity (Wildman–Crippen MR) is 127 cm³/mol. The number of carbonyl (C=O) groups excluding carboxylic acids is 1. The first-order valence-electron chi connectivity index (χ1n) is 11.8. The molecule has 1 aliphatic carbocycles. The van der Waals surface area contributed by atoms with Crippen molar-refractivity contribution < 1.29 is 19.4 Å². The van der Waals surface area contributed by atoms with Crippen LogP contribution >= 0.6 is 0 Å². The molecule has 0 atom stereocenters. The summed E-state index contributed by atoms with van der Waals surface area (Å²) in [6, 6.07) is 9.29. The number of aromatic nitrogens is 3. The summed E-state index contributed by atoms with van der Waals surface area (Å²) in [5, 5.41) is 12.3. The number of aliphatic hydroxyl groups excluding tert-OH is 1. The number of hydrogen-bond acceptors (Lipinski definition) is 8. The summed E-state index contributed by atoms with van der Waals surface area (Å²) < 4.78 is 11.9. The number of benzene rings is 1. The Kier molecular flexibility index (Phi) is 6.82. The minimum atomic E-state index is -0.209. The van der Waals surface area contributed by atoms with Crippen LogP contribution in [0.15, 0.2) is 42.7 Å². The van der Waals surface area contributed by atoms with Gasteiger partial charge in [-0.3, -0.25) is 9.78 Å². The fourth-order valence-corrected chi connectivity index (χ4v) is 4.58. The van der Waals surface area contributed by atoms with Gasteiger partial charge >= 0.3 is 0 Å². The Labute approximate surface area is 198 Å². The van der Waals surface area contributed by atoms with Crippen LogP contribution in [0.4, 0.5) is 5.69 Å². The second-order valence-electron chi connectivity index (χ2n) is 8.70. The van der Waals surface area contributed by atoms with Gasteiger partial charge in [0.25, 0.3) is 5.91 Å². The Morgan fingerprint density at radius 1 is 1.12 bits per heavy atom. The SMILES string of the molecule is O=C(NC1CCC(Oc2cc(N3CCOCC3)cc3nccnc23)CC1)c1cccc(CO)n1. The van der Waals surface area contributed by atoms with Crippen molar-refractivity contribution in [1.29, 1.82) is 0 Å². The molecule has 1 amide bonds. The molecule has 0 unspecified atom stereocenters. The summed E-state index contributed by atoms with van der Waals surface area (Å²) in [5.74, 6) is 0.545. The second-order valence-corrected chi connectivity index (χ2v) is 8.70. The summed E-state index contributed by atoms with van der Waals surface area (Å²) in [4.78, 5) is 28.1. The van der Waals surface area contributed by atoms with Gasteiger partial charge in [0.1, 0.15) is 17.0 Å². The maximum absolute atomic E-state index is 12.6. The van der Waals surface area contributed by atoms with Crippen molar-refractivity contribution in [3.05, 3.63) is 54.1 Å². The molecular formula is C25H29N5O4. The van der Waals surface area contributed by atoms with Crippen molar-refractivity contribution in [3.63, 3.8) is 0 Å². The van der Waals surface area contributed by atoms with E-state index in [0.29, 0.717) is 24.6 Å². The number of morpholine rings is 1. The van der Waals surface area contributed by atoms with Crippen LogP contribution < -0.4 is 15.0 Å². The van der Waals surface area contributed by atoms with E-state index in [0.717, 1.165) is 61.2 Å². The maximum Gasteiger partial charge on any atom is 0.270 e. The van der Waals surface area contributed by atoms with Crippen molar-refractivity contribution >= 4 is 22.6 Å². The number of anilines is 1. The summed E-state index contributed by atoms with van der Waals surface area (Å²) >= 11 is 0. The molecule has 2 aliphatic rings. The average molecular weight is 464 g/mol. The lowest BCUT2D eigenvalue weighted by Gasteiger charge is -2.31. The third-order valence-corrected chi connectivity index (χ3v) is 6.40. The average Bonchev–Trinajstić information content (AvgIpc) is 2.90. The summed E-state index contributed by atoms with van der Waals surface area (Å²) in [6.07, 6.45) is 6.75. The van der Waals surface area contributed by atoms with Gasteiger partial charge in [-0.1, -0.05) is 6.07 Å².